The van der Waals surface area contributed by atoms with E-state index < -0.39 is 17.8 Å². The fourth-order valence-electron chi connectivity index (χ4n) is 3.97. The summed E-state index contributed by atoms with van der Waals surface area (Å²) in [7, 11) is 1.48. The van der Waals surface area contributed by atoms with Crippen molar-refractivity contribution >= 4 is 5.91 Å². The first-order valence-corrected chi connectivity index (χ1v) is 10.2. The Morgan fingerprint density at radius 1 is 1.26 bits per heavy atom. The van der Waals surface area contributed by atoms with E-state index in [4.69, 9.17) is 4.74 Å². The van der Waals surface area contributed by atoms with Crippen LogP contribution in [0.5, 0.6) is 0 Å². The van der Waals surface area contributed by atoms with E-state index in [1.54, 1.807) is 11.0 Å². The maximum Gasteiger partial charge on any atom is 0.416 e. The molecule has 0 bridgehead atoms. The summed E-state index contributed by atoms with van der Waals surface area (Å²) in [5.74, 6) is -0.156. The van der Waals surface area contributed by atoms with E-state index in [9.17, 15) is 23.1 Å². The molecule has 2 N–H and O–H groups in total. The summed E-state index contributed by atoms with van der Waals surface area (Å²) in [6.07, 6.45) is -4.16. The fourth-order valence-corrected chi connectivity index (χ4v) is 3.97. The number of aliphatic hydroxyl groups is 1. The molecule has 0 aliphatic carbocycles. The first-order chi connectivity index (χ1) is 14.8. The highest BCUT2D eigenvalue weighted by Gasteiger charge is 2.33. The van der Waals surface area contributed by atoms with Crippen molar-refractivity contribution in [3.05, 3.63) is 70.8 Å². The van der Waals surface area contributed by atoms with Crippen LogP contribution in [0, 0.1) is 0 Å². The SMILES string of the molecule is COCC(O)CNCC(=O)N1CCc2ccccc2C1Cc1cccc(C(F)(F)F)c1. The van der Waals surface area contributed by atoms with E-state index in [0.717, 1.165) is 23.3 Å². The predicted molar refractivity (Wildman–Crippen MR) is 111 cm³/mol. The number of aliphatic hydroxyl groups excluding tert-OH is 1. The summed E-state index contributed by atoms with van der Waals surface area (Å²) >= 11 is 0. The summed E-state index contributed by atoms with van der Waals surface area (Å²) < 4.78 is 44.3. The van der Waals surface area contributed by atoms with Crippen LogP contribution in [0.2, 0.25) is 0 Å². The van der Waals surface area contributed by atoms with Gasteiger partial charge >= 0.3 is 6.18 Å². The normalized spacial score (nSPS) is 17.3. The van der Waals surface area contributed by atoms with E-state index >= 15 is 0 Å². The van der Waals surface area contributed by atoms with Gasteiger partial charge in [-0.05, 0) is 35.6 Å². The molecule has 2 unspecified atom stereocenters. The van der Waals surface area contributed by atoms with Crippen molar-refractivity contribution in [2.24, 2.45) is 0 Å². The van der Waals surface area contributed by atoms with Gasteiger partial charge < -0.3 is 20.1 Å². The average Bonchev–Trinajstić information content (AvgIpc) is 2.73. The standard InChI is InChI=1S/C23H27F3N2O3/c1-31-15-19(29)13-27-14-22(30)28-10-9-17-6-2-3-8-20(17)21(28)12-16-5-4-7-18(11-16)23(24,25)26/h2-8,11,19,21,27,29H,9-10,12-15H2,1H3. The molecule has 0 spiro atoms. The van der Waals surface area contributed by atoms with Crippen molar-refractivity contribution in [1.29, 1.82) is 0 Å². The molecular formula is C23H27F3N2O3. The minimum atomic E-state index is -4.41. The number of hydrogen-bond donors (Lipinski definition) is 2. The molecule has 168 valence electrons. The molecule has 3 rings (SSSR count). The number of carbonyl (C=O) groups is 1. The number of rotatable bonds is 8. The Morgan fingerprint density at radius 3 is 2.77 bits per heavy atom. The third-order valence-corrected chi connectivity index (χ3v) is 5.43. The molecule has 0 saturated heterocycles. The highest BCUT2D eigenvalue weighted by atomic mass is 19.4. The molecule has 1 heterocycles. The van der Waals surface area contributed by atoms with Crippen LogP contribution in [0.1, 0.15) is 28.3 Å². The third kappa shape index (κ3) is 6.06. The number of benzene rings is 2. The summed E-state index contributed by atoms with van der Waals surface area (Å²) in [6, 6.07) is 12.6. The second kappa shape index (κ2) is 10.3. The van der Waals surface area contributed by atoms with Crippen LogP contribution >= 0.6 is 0 Å². The number of halogens is 3. The first kappa shape index (κ1) is 23.2. The number of hydrogen-bond acceptors (Lipinski definition) is 4. The Balaban J connectivity index is 1.79. The Hall–Kier alpha value is -2.42. The summed E-state index contributed by atoms with van der Waals surface area (Å²) in [6.45, 7) is 0.891. The van der Waals surface area contributed by atoms with Gasteiger partial charge in [-0.15, -0.1) is 0 Å². The van der Waals surface area contributed by atoms with Crippen molar-refractivity contribution in [3.63, 3.8) is 0 Å². The lowest BCUT2D eigenvalue weighted by Gasteiger charge is -2.38. The molecule has 1 amide bonds. The molecule has 1 aliphatic rings. The highest BCUT2D eigenvalue weighted by Crippen LogP contribution is 2.34. The zero-order valence-electron chi connectivity index (χ0n) is 17.4. The summed E-state index contributed by atoms with van der Waals surface area (Å²) in [5, 5.41) is 12.7. The van der Waals surface area contributed by atoms with Crippen molar-refractivity contribution in [1.82, 2.24) is 10.2 Å². The third-order valence-electron chi connectivity index (χ3n) is 5.43. The van der Waals surface area contributed by atoms with Crippen molar-refractivity contribution < 1.29 is 27.8 Å². The monoisotopic (exact) mass is 436 g/mol. The number of alkyl halides is 3. The van der Waals surface area contributed by atoms with Crippen LogP contribution in [0.3, 0.4) is 0 Å². The second-order valence-corrected chi connectivity index (χ2v) is 7.69. The largest absolute Gasteiger partial charge is 0.416 e. The van der Waals surface area contributed by atoms with Gasteiger partial charge in [0.1, 0.15) is 0 Å². The van der Waals surface area contributed by atoms with Gasteiger partial charge in [-0.2, -0.15) is 13.2 Å². The molecule has 0 radical (unpaired) electrons. The molecule has 5 nitrogen and oxygen atoms in total. The minimum absolute atomic E-state index is 0.0298. The molecule has 2 aromatic carbocycles. The van der Waals surface area contributed by atoms with Crippen LogP contribution in [0.25, 0.3) is 0 Å². The highest BCUT2D eigenvalue weighted by molar-refractivity contribution is 5.79. The van der Waals surface area contributed by atoms with Gasteiger partial charge in [0, 0.05) is 20.2 Å². The number of amides is 1. The minimum Gasteiger partial charge on any atom is -0.389 e. The van der Waals surface area contributed by atoms with Crippen molar-refractivity contribution in [3.8, 4) is 0 Å². The topological polar surface area (TPSA) is 61.8 Å². The molecule has 0 aromatic heterocycles. The van der Waals surface area contributed by atoms with Crippen molar-refractivity contribution in [2.45, 2.75) is 31.2 Å². The molecule has 2 aromatic rings. The van der Waals surface area contributed by atoms with Gasteiger partial charge in [0.2, 0.25) is 5.91 Å². The Labute approximate surface area is 179 Å². The average molecular weight is 436 g/mol. The van der Waals surface area contributed by atoms with Crippen LogP contribution in [-0.4, -0.2) is 55.4 Å². The molecular weight excluding hydrogens is 409 g/mol. The van der Waals surface area contributed by atoms with Gasteiger partial charge in [-0.25, -0.2) is 0 Å². The Bertz CT molecular complexity index is 888. The summed E-state index contributed by atoms with van der Waals surface area (Å²) in [5.41, 5.74) is 1.89. The van der Waals surface area contributed by atoms with E-state index in [1.807, 2.05) is 24.3 Å². The van der Waals surface area contributed by atoms with Gasteiger partial charge in [0.15, 0.2) is 0 Å². The zero-order valence-corrected chi connectivity index (χ0v) is 17.4. The second-order valence-electron chi connectivity index (χ2n) is 7.69. The maximum absolute atomic E-state index is 13.1. The number of methoxy groups -OCH3 is 1. The van der Waals surface area contributed by atoms with Crippen LogP contribution in [-0.2, 0) is 28.5 Å². The van der Waals surface area contributed by atoms with Gasteiger partial charge in [0.05, 0.1) is 30.9 Å². The van der Waals surface area contributed by atoms with E-state index in [0.29, 0.717) is 24.9 Å². The summed E-state index contributed by atoms with van der Waals surface area (Å²) in [4.78, 5) is 14.7. The molecule has 0 saturated carbocycles. The predicted octanol–water partition coefficient (Wildman–Crippen LogP) is 2.97. The molecule has 8 heteroatoms. The van der Waals surface area contributed by atoms with Crippen LogP contribution in [0.15, 0.2) is 48.5 Å². The number of nitrogens with one attached hydrogen (secondary N) is 1. The molecule has 0 fully saturated rings. The van der Waals surface area contributed by atoms with E-state index in [1.165, 1.54) is 13.2 Å². The van der Waals surface area contributed by atoms with Crippen LogP contribution < -0.4 is 5.32 Å². The lowest BCUT2D eigenvalue weighted by Crippen LogP contribution is -2.46. The first-order valence-electron chi connectivity index (χ1n) is 10.2. The van der Waals surface area contributed by atoms with Gasteiger partial charge in [-0.3, -0.25) is 4.79 Å². The van der Waals surface area contributed by atoms with Crippen molar-refractivity contribution in [2.75, 3.05) is 33.4 Å². The quantitative estimate of drug-likeness (QED) is 0.668. The number of nitrogens with zero attached hydrogens (tertiary/aromatic N) is 1. The molecule has 2 atom stereocenters. The van der Waals surface area contributed by atoms with E-state index in [2.05, 4.69) is 5.32 Å². The number of ether oxygens (including phenoxy) is 1. The van der Waals surface area contributed by atoms with Crippen LogP contribution in [0.4, 0.5) is 13.2 Å². The maximum atomic E-state index is 13.1. The fraction of sp³-hybridized carbons (Fsp3) is 0.435. The Morgan fingerprint density at radius 2 is 2.03 bits per heavy atom. The Kier molecular flexibility index (Phi) is 7.69. The lowest BCUT2D eigenvalue weighted by molar-refractivity contribution is -0.138. The number of fused-ring (bicyclic) bond motifs is 1. The van der Waals surface area contributed by atoms with Gasteiger partial charge in [-0.1, -0.05) is 42.5 Å². The van der Waals surface area contributed by atoms with Gasteiger partial charge in [0.25, 0.3) is 0 Å². The molecule has 1 aliphatic heterocycles. The zero-order chi connectivity index (χ0) is 22.4. The smallest absolute Gasteiger partial charge is 0.389 e. The molecule has 31 heavy (non-hydrogen) atoms. The van der Waals surface area contributed by atoms with E-state index in [-0.39, 0.29) is 31.6 Å². The number of carbonyl (C=O) groups excluding carboxylic acids is 1. The lowest BCUT2D eigenvalue weighted by atomic mass is 9.88.